The van der Waals surface area contributed by atoms with Crippen LogP contribution in [0.3, 0.4) is 0 Å². The number of ether oxygens (including phenoxy) is 2. The maximum absolute atomic E-state index is 11.2. The number of hydrogen-bond donors (Lipinski definition) is 0. The summed E-state index contributed by atoms with van der Waals surface area (Å²) in [6, 6.07) is 5.28. The lowest BCUT2D eigenvalue weighted by Crippen LogP contribution is -2.03. The molecular formula is C10H11BrO3. The van der Waals surface area contributed by atoms with Gasteiger partial charge in [0.2, 0.25) is 0 Å². The molecule has 0 N–H and O–H groups in total. The first-order valence-electron chi connectivity index (χ1n) is 4.07. The van der Waals surface area contributed by atoms with E-state index in [4.69, 9.17) is 9.47 Å². The van der Waals surface area contributed by atoms with E-state index in [0.29, 0.717) is 11.3 Å². The first-order chi connectivity index (χ1) is 6.65. The molecule has 76 valence electrons. The minimum absolute atomic E-state index is 0.0302. The third-order valence-corrected chi connectivity index (χ3v) is 2.15. The van der Waals surface area contributed by atoms with Gasteiger partial charge in [-0.25, -0.2) is 0 Å². The Balaban J connectivity index is 2.96. The maximum Gasteiger partial charge on any atom is 0.188 e. The van der Waals surface area contributed by atoms with Gasteiger partial charge < -0.3 is 9.47 Å². The summed E-state index contributed by atoms with van der Waals surface area (Å²) < 4.78 is 10.9. The third-order valence-electron chi connectivity index (χ3n) is 1.65. The predicted octanol–water partition coefficient (Wildman–Crippen LogP) is 2.63. The highest BCUT2D eigenvalue weighted by Crippen LogP contribution is 2.23. The number of rotatable bonds is 4. The van der Waals surface area contributed by atoms with Crippen LogP contribution in [0.25, 0.3) is 0 Å². The van der Waals surface area contributed by atoms with Crippen molar-refractivity contribution in [3.8, 4) is 5.75 Å². The number of methoxy groups -OCH3 is 1. The fourth-order valence-electron chi connectivity index (χ4n) is 1.03. The molecule has 1 aromatic rings. The zero-order valence-electron chi connectivity index (χ0n) is 8.04. The molecule has 0 aliphatic heterocycles. The average Bonchev–Trinajstić information content (AvgIpc) is 2.15. The molecule has 0 fully saturated rings. The van der Waals surface area contributed by atoms with Crippen molar-refractivity contribution in [2.45, 2.75) is 6.92 Å². The second-order valence-corrected chi connectivity index (χ2v) is 3.66. The summed E-state index contributed by atoms with van der Waals surface area (Å²) in [6.07, 6.45) is 0. The lowest BCUT2D eigenvalue weighted by atomic mass is 10.1. The summed E-state index contributed by atoms with van der Waals surface area (Å²) in [5, 5.41) is 0. The lowest BCUT2D eigenvalue weighted by Gasteiger charge is -2.08. The van der Waals surface area contributed by atoms with Gasteiger partial charge in [-0.05, 0) is 25.1 Å². The maximum atomic E-state index is 11.2. The normalized spacial score (nSPS) is 9.93. The van der Waals surface area contributed by atoms with E-state index in [-0.39, 0.29) is 12.6 Å². The van der Waals surface area contributed by atoms with Crippen molar-refractivity contribution in [1.29, 1.82) is 0 Å². The van der Waals surface area contributed by atoms with Gasteiger partial charge in [-0.3, -0.25) is 4.79 Å². The summed E-state index contributed by atoms with van der Waals surface area (Å²) in [7, 11) is 1.53. The molecule has 0 amide bonds. The molecule has 0 aliphatic rings. The topological polar surface area (TPSA) is 35.5 Å². The Bertz CT molecular complexity index is 336. The number of Topliss-reactive ketones (excluding diaryl/α,β-unsaturated/α-hetero) is 1. The molecule has 1 rings (SSSR count). The fourth-order valence-corrected chi connectivity index (χ4v) is 1.39. The molecule has 0 atom stereocenters. The van der Waals surface area contributed by atoms with E-state index < -0.39 is 0 Å². The molecule has 14 heavy (non-hydrogen) atoms. The minimum atomic E-state index is -0.0302. The molecular weight excluding hydrogens is 248 g/mol. The van der Waals surface area contributed by atoms with Crippen LogP contribution in [0.1, 0.15) is 17.3 Å². The van der Waals surface area contributed by atoms with Crippen LogP contribution in [0.4, 0.5) is 0 Å². The number of halogens is 1. The summed E-state index contributed by atoms with van der Waals surface area (Å²) >= 11 is 3.29. The van der Waals surface area contributed by atoms with E-state index in [2.05, 4.69) is 15.9 Å². The Hall–Kier alpha value is -0.870. The Morgan fingerprint density at radius 3 is 2.79 bits per heavy atom. The molecule has 0 unspecified atom stereocenters. The summed E-state index contributed by atoms with van der Waals surface area (Å²) in [5.41, 5.74) is 0.552. The van der Waals surface area contributed by atoms with Crippen LogP contribution >= 0.6 is 15.9 Å². The standard InChI is InChI=1S/C10H11BrO3/c1-7(12)9-5-8(11)3-4-10(9)14-6-13-2/h3-5H,6H2,1-2H3. The SMILES string of the molecule is COCOc1ccc(Br)cc1C(C)=O. The first kappa shape index (κ1) is 11.2. The summed E-state index contributed by atoms with van der Waals surface area (Å²) in [4.78, 5) is 11.2. The van der Waals surface area contributed by atoms with Gasteiger partial charge in [0.15, 0.2) is 12.6 Å². The smallest absolute Gasteiger partial charge is 0.188 e. The number of carbonyl (C=O) groups excluding carboxylic acids is 1. The molecule has 0 saturated carbocycles. The van der Waals surface area contributed by atoms with Crippen LogP contribution < -0.4 is 4.74 Å². The van der Waals surface area contributed by atoms with E-state index in [1.165, 1.54) is 14.0 Å². The Kier molecular flexibility index (Phi) is 4.10. The van der Waals surface area contributed by atoms with Crippen LogP contribution in [0.5, 0.6) is 5.75 Å². The van der Waals surface area contributed by atoms with E-state index in [0.717, 1.165) is 4.47 Å². The van der Waals surface area contributed by atoms with Crippen LogP contribution in [0, 0.1) is 0 Å². The molecule has 0 bridgehead atoms. The van der Waals surface area contributed by atoms with Crippen molar-refractivity contribution in [3.05, 3.63) is 28.2 Å². The quantitative estimate of drug-likeness (QED) is 0.616. The minimum Gasteiger partial charge on any atom is -0.467 e. The molecule has 4 heteroatoms. The predicted molar refractivity (Wildman–Crippen MR) is 56.7 cm³/mol. The van der Waals surface area contributed by atoms with Crippen molar-refractivity contribution in [1.82, 2.24) is 0 Å². The van der Waals surface area contributed by atoms with E-state index in [9.17, 15) is 4.79 Å². The van der Waals surface area contributed by atoms with E-state index in [1.807, 2.05) is 6.07 Å². The molecule has 0 aliphatic carbocycles. The molecule has 3 nitrogen and oxygen atoms in total. The van der Waals surface area contributed by atoms with Gasteiger partial charge in [0, 0.05) is 11.6 Å². The van der Waals surface area contributed by atoms with Crippen molar-refractivity contribution >= 4 is 21.7 Å². The number of carbonyl (C=O) groups is 1. The average molecular weight is 259 g/mol. The molecule has 0 heterocycles. The van der Waals surface area contributed by atoms with Crippen molar-refractivity contribution < 1.29 is 14.3 Å². The van der Waals surface area contributed by atoms with Crippen LogP contribution in [0.2, 0.25) is 0 Å². The zero-order valence-corrected chi connectivity index (χ0v) is 9.63. The van der Waals surface area contributed by atoms with Gasteiger partial charge in [-0.15, -0.1) is 0 Å². The zero-order chi connectivity index (χ0) is 10.6. The van der Waals surface area contributed by atoms with Gasteiger partial charge in [0.1, 0.15) is 5.75 Å². The van der Waals surface area contributed by atoms with Crippen LogP contribution in [-0.4, -0.2) is 19.7 Å². The third kappa shape index (κ3) is 2.82. The second-order valence-electron chi connectivity index (χ2n) is 2.75. The van der Waals surface area contributed by atoms with Crippen LogP contribution in [0.15, 0.2) is 22.7 Å². The number of hydrogen-bond acceptors (Lipinski definition) is 3. The molecule has 0 spiro atoms. The first-order valence-corrected chi connectivity index (χ1v) is 4.86. The highest BCUT2D eigenvalue weighted by Gasteiger charge is 2.08. The number of ketones is 1. The van der Waals surface area contributed by atoms with E-state index in [1.54, 1.807) is 12.1 Å². The van der Waals surface area contributed by atoms with Crippen molar-refractivity contribution in [2.75, 3.05) is 13.9 Å². The van der Waals surface area contributed by atoms with Gasteiger partial charge in [-0.2, -0.15) is 0 Å². The monoisotopic (exact) mass is 258 g/mol. The van der Waals surface area contributed by atoms with E-state index >= 15 is 0 Å². The fraction of sp³-hybridized carbons (Fsp3) is 0.300. The van der Waals surface area contributed by atoms with Gasteiger partial charge in [0.25, 0.3) is 0 Å². The Morgan fingerprint density at radius 2 is 2.21 bits per heavy atom. The molecule has 0 radical (unpaired) electrons. The van der Waals surface area contributed by atoms with Gasteiger partial charge >= 0.3 is 0 Å². The van der Waals surface area contributed by atoms with Gasteiger partial charge in [-0.1, -0.05) is 15.9 Å². The molecule has 1 aromatic carbocycles. The highest BCUT2D eigenvalue weighted by molar-refractivity contribution is 9.10. The lowest BCUT2D eigenvalue weighted by molar-refractivity contribution is 0.0503. The molecule has 0 aromatic heterocycles. The Labute approximate surface area is 91.1 Å². The number of benzene rings is 1. The summed E-state index contributed by atoms with van der Waals surface area (Å²) in [6.45, 7) is 1.64. The second kappa shape index (κ2) is 5.12. The van der Waals surface area contributed by atoms with Crippen LogP contribution in [-0.2, 0) is 4.74 Å². The van der Waals surface area contributed by atoms with Crippen molar-refractivity contribution in [3.63, 3.8) is 0 Å². The van der Waals surface area contributed by atoms with Crippen molar-refractivity contribution in [2.24, 2.45) is 0 Å². The highest BCUT2D eigenvalue weighted by atomic mass is 79.9. The summed E-state index contributed by atoms with van der Waals surface area (Å²) in [5.74, 6) is 0.514. The largest absolute Gasteiger partial charge is 0.467 e. The molecule has 0 saturated heterocycles. The van der Waals surface area contributed by atoms with Gasteiger partial charge in [0.05, 0.1) is 5.56 Å². The Morgan fingerprint density at radius 1 is 1.50 bits per heavy atom.